The Morgan fingerprint density at radius 1 is 1.12 bits per heavy atom. The highest BCUT2D eigenvalue weighted by atomic mass is 16.2. The highest BCUT2D eigenvalue weighted by Gasteiger charge is 2.17. The summed E-state index contributed by atoms with van der Waals surface area (Å²) in [6.45, 7) is 0. The average Bonchev–Trinajstić information content (AvgIpc) is 3.30. The minimum Gasteiger partial charge on any atom is -0.400 e. The van der Waals surface area contributed by atoms with Crippen LogP contribution in [-0.4, -0.2) is 43.4 Å². The fourth-order valence-corrected chi connectivity index (χ4v) is 2.95. The smallest absolute Gasteiger partial charge is 0.224 e. The second kappa shape index (κ2) is 7.22. The molecule has 1 aliphatic rings. The van der Waals surface area contributed by atoms with Crippen molar-refractivity contribution < 1.29 is 5.11 Å². The Balaban J connectivity index is 0.000000815. The topological polar surface area (TPSA) is 126 Å². The van der Waals surface area contributed by atoms with E-state index in [4.69, 9.17) is 10.8 Å². The van der Waals surface area contributed by atoms with E-state index >= 15 is 0 Å². The highest BCUT2D eigenvalue weighted by molar-refractivity contribution is 5.88. The van der Waals surface area contributed by atoms with E-state index in [0.29, 0.717) is 11.7 Å². The lowest BCUT2D eigenvalue weighted by Gasteiger charge is -2.14. The van der Waals surface area contributed by atoms with E-state index < -0.39 is 0 Å². The molecule has 1 fully saturated rings. The van der Waals surface area contributed by atoms with Crippen molar-refractivity contribution in [1.29, 1.82) is 0 Å². The zero-order valence-electron chi connectivity index (χ0n) is 13.5. The summed E-state index contributed by atoms with van der Waals surface area (Å²) in [6.07, 6.45) is 6.56. The van der Waals surface area contributed by atoms with Crippen LogP contribution in [0.4, 0.5) is 11.8 Å². The first-order valence-electron chi connectivity index (χ1n) is 7.95. The summed E-state index contributed by atoms with van der Waals surface area (Å²) in [5, 5.41) is 18.2. The van der Waals surface area contributed by atoms with Crippen molar-refractivity contribution in [3.05, 3.63) is 24.4 Å². The molecular formula is C16H21N7O. The molecule has 8 nitrogen and oxygen atoms in total. The molecule has 3 aromatic heterocycles. The van der Waals surface area contributed by atoms with E-state index in [9.17, 15) is 0 Å². The fourth-order valence-electron chi connectivity index (χ4n) is 2.95. The van der Waals surface area contributed by atoms with Gasteiger partial charge in [0.15, 0.2) is 5.65 Å². The number of aromatic nitrogens is 5. The second-order valence-corrected chi connectivity index (χ2v) is 5.59. The number of aliphatic hydroxyl groups excluding tert-OH is 1. The van der Waals surface area contributed by atoms with Crippen LogP contribution in [0.15, 0.2) is 24.4 Å². The van der Waals surface area contributed by atoms with Crippen LogP contribution in [0.25, 0.3) is 22.4 Å². The maximum Gasteiger partial charge on any atom is 0.224 e. The minimum absolute atomic E-state index is 0.238. The monoisotopic (exact) mass is 327 g/mol. The Bertz CT molecular complexity index is 798. The number of fused-ring (bicyclic) bond motifs is 1. The van der Waals surface area contributed by atoms with Crippen molar-refractivity contribution in [2.45, 2.75) is 31.7 Å². The number of nitrogen functional groups attached to an aromatic ring is 1. The molecule has 0 aromatic carbocycles. The number of nitrogens with zero attached hydrogens (tertiary/aromatic N) is 4. The summed E-state index contributed by atoms with van der Waals surface area (Å²) in [4.78, 5) is 13.2. The third kappa shape index (κ3) is 3.28. The van der Waals surface area contributed by atoms with E-state index in [0.717, 1.165) is 29.7 Å². The van der Waals surface area contributed by atoms with Crippen molar-refractivity contribution >= 4 is 22.8 Å². The third-order valence-electron chi connectivity index (χ3n) is 4.05. The maximum atomic E-state index is 7.00. The van der Waals surface area contributed by atoms with E-state index in [1.54, 1.807) is 6.20 Å². The molecule has 24 heavy (non-hydrogen) atoms. The molecule has 1 aliphatic carbocycles. The number of hydrogen-bond donors (Lipinski definition) is 4. The summed E-state index contributed by atoms with van der Waals surface area (Å²) in [5.41, 5.74) is 8.08. The first-order valence-corrected chi connectivity index (χ1v) is 7.95. The highest BCUT2D eigenvalue weighted by Crippen LogP contribution is 2.27. The number of nitrogens with one attached hydrogen (secondary N) is 2. The van der Waals surface area contributed by atoms with Crippen LogP contribution in [0.3, 0.4) is 0 Å². The normalized spacial score (nSPS) is 14.4. The van der Waals surface area contributed by atoms with Gasteiger partial charge in [0, 0.05) is 19.3 Å². The third-order valence-corrected chi connectivity index (χ3v) is 4.05. The van der Waals surface area contributed by atoms with Crippen molar-refractivity contribution in [2.75, 3.05) is 18.2 Å². The Hall–Kier alpha value is -2.74. The van der Waals surface area contributed by atoms with Gasteiger partial charge in [-0.15, -0.1) is 0 Å². The van der Waals surface area contributed by atoms with Gasteiger partial charge < -0.3 is 16.2 Å². The predicted molar refractivity (Wildman–Crippen MR) is 93.3 cm³/mol. The summed E-state index contributed by atoms with van der Waals surface area (Å²) < 4.78 is 0. The zero-order valence-corrected chi connectivity index (χ0v) is 13.5. The Kier molecular flexibility index (Phi) is 4.85. The number of aromatic amines is 1. The molecule has 0 unspecified atom stereocenters. The fraction of sp³-hybridized carbons (Fsp3) is 0.375. The van der Waals surface area contributed by atoms with Gasteiger partial charge in [0.2, 0.25) is 5.95 Å². The summed E-state index contributed by atoms with van der Waals surface area (Å²) in [5.74, 6) is 1.01. The van der Waals surface area contributed by atoms with Gasteiger partial charge in [0.1, 0.15) is 5.82 Å². The van der Waals surface area contributed by atoms with Crippen LogP contribution in [-0.2, 0) is 0 Å². The molecular weight excluding hydrogens is 306 g/mol. The molecule has 126 valence electrons. The number of rotatable bonds is 3. The van der Waals surface area contributed by atoms with E-state index in [2.05, 4.69) is 30.5 Å². The molecule has 0 saturated heterocycles. The molecule has 5 N–H and O–H groups in total. The number of hydrogen-bond acceptors (Lipinski definition) is 7. The standard InChI is InChI=1S/C15H17N7.CH4O/c16-15-20-13(18-9-3-1-2-4-9)10-5-6-11(19-14(10)21-15)12-7-8-17-22-12;1-2/h5-9H,1-4H2,(H,17,22)(H3,16,18,19,20,21);2H,1H3. The Labute approximate surface area is 139 Å². The Morgan fingerprint density at radius 3 is 2.62 bits per heavy atom. The quantitative estimate of drug-likeness (QED) is 0.579. The molecule has 0 atom stereocenters. The van der Waals surface area contributed by atoms with Gasteiger partial charge in [-0.1, -0.05) is 12.8 Å². The number of pyridine rings is 1. The van der Waals surface area contributed by atoms with E-state index in [-0.39, 0.29) is 5.95 Å². The molecule has 0 bridgehead atoms. The van der Waals surface area contributed by atoms with Gasteiger partial charge in [-0.3, -0.25) is 5.10 Å². The second-order valence-electron chi connectivity index (χ2n) is 5.59. The van der Waals surface area contributed by atoms with Gasteiger partial charge in [0.05, 0.1) is 16.8 Å². The first kappa shape index (κ1) is 16.1. The molecule has 3 aromatic rings. The lowest BCUT2D eigenvalue weighted by atomic mass is 10.2. The molecule has 0 radical (unpaired) electrons. The molecule has 1 saturated carbocycles. The average molecular weight is 327 g/mol. The largest absolute Gasteiger partial charge is 0.400 e. The van der Waals surface area contributed by atoms with Crippen molar-refractivity contribution in [1.82, 2.24) is 25.1 Å². The maximum absolute atomic E-state index is 7.00. The van der Waals surface area contributed by atoms with Crippen LogP contribution in [0.2, 0.25) is 0 Å². The van der Waals surface area contributed by atoms with E-state index in [1.165, 1.54) is 25.7 Å². The molecule has 0 spiro atoms. The lowest BCUT2D eigenvalue weighted by Crippen LogP contribution is -2.16. The van der Waals surface area contributed by atoms with Crippen molar-refractivity contribution in [2.24, 2.45) is 0 Å². The molecule has 8 heteroatoms. The number of aliphatic hydroxyl groups is 1. The SMILES string of the molecule is CO.Nc1nc(NC2CCCC2)c2ccc(-c3ccn[nH]3)nc2n1. The van der Waals surface area contributed by atoms with Gasteiger partial charge in [-0.2, -0.15) is 15.1 Å². The van der Waals surface area contributed by atoms with Crippen LogP contribution >= 0.6 is 0 Å². The van der Waals surface area contributed by atoms with Crippen LogP contribution in [0.1, 0.15) is 25.7 Å². The first-order chi connectivity index (χ1) is 11.8. The summed E-state index contributed by atoms with van der Waals surface area (Å²) in [6, 6.07) is 6.26. The number of anilines is 2. The van der Waals surface area contributed by atoms with Crippen molar-refractivity contribution in [3.8, 4) is 11.4 Å². The van der Waals surface area contributed by atoms with Gasteiger partial charge in [0.25, 0.3) is 0 Å². The predicted octanol–water partition coefficient (Wildman–Crippen LogP) is 1.96. The van der Waals surface area contributed by atoms with Gasteiger partial charge in [-0.25, -0.2) is 4.98 Å². The summed E-state index contributed by atoms with van der Waals surface area (Å²) >= 11 is 0. The minimum atomic E-state index is 0.238. The van der Waals surface area contributed by atoms with Crippen molar-refractivity contribution in [3.63, 3.8) is 0 Å². The molecule has 3 heterocycles. The zero-order chi connectivity index (χ0) is 16.9. The van der Waals surface area contributed by atoms with Crippen LogP contribution in [0.5, 0.6) is 0 Å². The summed E-state index contributed by atoms with van der Waals surface area (Å²) in [7, 11) is 1.00. The lowest BCUT2D eigenvalue weighted by molar-refractivity contribution is 0.399. The molecule has 0 amide bonds. The van der Waals surface area contributed by atoms with Crippen LogP contribution < -0.4 is 11.1 Å². The van der Waals surface area contributed by atoms with Gasteiger partial charge >= 0.3 is 0 Å². The molecule has 4 rings (SSSR count). The number of nitrogens with two attached hydrogens (primary N) is 1. The Morgan fingerprint density at radius 2 is 1.92 bits per heavy atom. The molecule has 0 aliphatic heterocycles. The number of H-pyrrole nitrogens is 1. The van der Waals surface area contributed by atoms with Crippen LogP contribution in [0, 0.1) is 0 Å². The van der Waals surface area contributed by atoms with E-state index in [1.807, 2.05) is 18.2 Å². The van der Waals surface area contributed by atoms with Gasteiger partial charge in [-0.05, 0) is 31.0 Å².